The first-order chi connectivity index (χ1) is 9.33. The van der Waals surface area contributed by atoms with E-state index in [1.807, 2.05) is 29.0 Å². The van der Waals surface area contributed by atoms with Gasteiger partial charge >= 0.3 is 0 Å². The number of nitrogens with zero attached hydrogens (tertiary/aromatic N) is 2. The second-order valence-corrected chi connectivity index (χ2v) is 4.65. The van der Waals surface area contributed by atoms with Gasteiger partial charge in [0.25, 0.3) is 0 Å². The first-order valence-electron chi connectivity index (χ1n) is 6.41. The molecule has 2 N–H and O–H groups in total. The minimum atomic E-state index is -0.153. The Morgan fingerprint density at radius 2 is 2.37 bits per heavy atom. The van der Waals surface area contributed by atoms with Crippen LogP contribution in [-0.2, 0) is 17.8 Å². The number of carbonyl (C=O) groups excluding carboxylic acids is 1. The highest BCUT2D eigenvalue weighted by molar-refractivity contribution is 5.87. The molecule has 1 aliphatic heterocycles. The van der Waals surface area contributed by atoms with Gasteiger partial charge in [-0.2, -0.15) is 0 Å². The predicted octanol–water partition coefficient (Wildman–Crippen LogP) is 1.04. The van der Waals surface area contributed by atoms with Crippen molar-refractivity contribution < 1.29 is 4.79 Å². The molecule has 1 aromatic heterocycles. The van der Waals surface area contributed by atoms with Crippen LogP contribution < -0.4 is 10.6 Å². The summed E-state index contributed by atoms with van der Waals surface area (Å²) in [6.07, 6.45) is 6.12. The highest BCUT2D eigenvalue weighted by Gasteiger charge is 2.25. The summed E-state index contributed by atoms with van der Waals surface area (Å²) in [6, 6.07) is 7.89. The van der Waals surface area contributed by atoms with Crippen molar-refractivity contribution in [1.82, 2.24) is 14.9 Å². The van der Waals surface area contributed by atoms with Gasteiger partial charge in [-0.05, 0) is 11.6 Å². The number of carbonyl (C=O) groups is 1. The average Bonchev–Trinajstić information content (AvgIpc) is 3.07. The van der Waals surface area contributed by atoms with E-state index in [0.29, 0.717) is 6.54 Å². The van der Waals surface area contributed by atoms with Crippen LogP contribution in [0.3, 0.4) is 0 Å². The van der Waals surface area contributed by atoms with Gasteiger partial charge in [-0.15, -0.1) is 0 Å². The van der Waals surface area contributed by atoms with Crippen molar-refractivity contribution in [1.29, 1.82) is 0 Å². The molecule has 0 saturated heterocycles. The molecule has 3 rings (SSSR count). The molecule has 0 saturated carbocycles. The van der Waals surface area contributed by atoms with Gasteiger partial charge in [0.05, 0.1) is 6.33 Å². The summed E-state index contributed by atoms with van der Waals surface area (Å²) in [6.45, 7) is 1.36. The summed E-state index contributed by atoms with van der Waals surface area (Å²) in [5.74, 6) is 0.0521. The first kappa shape index (κ1) is 11.8. The van der Waals surface area contributed by atoms with Crippen LogP contribution in [0, 0.1) is 0 Å². The van der Waals surface area contributed by atoms with E-state index < -0.39 is 0 Å². The van der Waals surface area contributed by atoms with Gasteiger partial charge in [-0.1, -0.05) is 18.2 Å². The smallest absolute Gasteiger partial charge is 0.242 e. The third-order valence-corrected chi connectivity index (χ3v) is 3.32. The van der Waals surface area contributed by atoms with Crippen LogP contribution in [0.2, 0.25) is 0 Å². The summed E-state index contributed by atoms with van der Waals surface area (Å²) >= 11 is 0. The first-order valence-corrected chi connectivity index (χ1v) is 6.41. The van der Waals surface area contributed by atoms with E-state index in [1.54, 1.807) is 12.5 Å². The number of anilines is 1. The van der Waals surface area contributed by atoms with E-state index in [-0.39, 0.29) is 11.9 Å². The predicted molar refractivity (Wildman–Crippen MR) is 72.8 cm³/mol. The minimum absolute atomic E-state index is 0.0521. The second-order valence-electron chi connectivity index (χ2n) is 4.65. The third-order valence-electron chi connectivity index (χ3n) is 3.32. The summed E-state index contributed by atoms with van der Waals surface area (Å²) in [5.41, 5.74) is 2.27. The molecule has 1 atom stereocenters. The Hall–Kier alpha value is -2.30. The molecule has 1 aliphatic rings. The zero-order chi connectivity index (χ0) is 13.1. The molecule has 5 nitrogen and oxygen atoms in total. The van der Waals surface area contributed by atoms with Gasteiger partial charge in [0, 0.05) is 37.6 Å². The Morgan fingerprint density at radius 3 is 3.16 bits per heavy atom. The largest absolute Gasteiger partial charge is 0.373 e. The number of aromatic nitrogens is 2. The molecular weight excluding hydrogens is 240 g/mol. The molecule has 1 aromatic carbocycles. The molecule has 2 heterocycles. The number of rotatable bonds is 4. The number of imidazole rings is 1. The molecule has 1 amide bonds. The Kier molecular flexibility index (Phi) is 3.18. The maximum absolute atomic E-state index is 12.0. The van der Waals surface area contributed by atoms with Gasteiger partial charge in [0.2, 0.25) is 5.91 Å². The summed E-state index contributed by atoms with van der Waals surface area (Å²) in [4.78, 5) is 16.0. The molecule has 5 heteroatoms. The lowest BCUT2D eigenvalue weighted by molar-refractivity contribution is -0.121. The van der Waals surface area contributed by atoms with E-state index in [1.165, 1.54) is 5.56 Å². The van der Waals surface area contributed by atoms with E-state index in [2.05, 4.69) is 21.7 Å². The lowest BCUT2D eigenvalue weighted by Crippen LogP contribution is -2.39. The number of fused-ring (bicyclic) bond motifs is 1. The van der Waals surface area contributed by atoms with Crippen LogP contribution in [0.15, 0.2) is 43.0 Å². The summed E-state index contributed by atoms with van der Waals surface area (Å²) < 4.78 is 1.94. The number of para-hydroxylation sites is 1. The second kappa shape index (κ2) is 5.14. The normalized spacial score (nSPS) is 16.7. The zero-order valence-corrected chi connectivity index (χ0v) is 10.5. The van der Waals surface area contributed by atoms with Gasteiger partial charge in [0.1, 0.15) is 6.04 Å². The van der Waals surface area contributed by atoms with Crippen molar-refractivity contribution in [2.24, 2.45) is 0 Å². The highest BCUT2D eigenvalue weighted by atomic mass is 16.2. The Labute approximate surface area is 111 Å². The summed E-state index contributed by atoms with van der Waals surface area (Å²) in [5, 5.41) is 6.19. The number of amides is 1. The number of benzene rings is 1. The standard InChI is InChI=1S/C14H16N4O/c19-14(16-6-8-18-7-5-15-10-18)13-9-11-3-1-2-4-12(11)17-13/h1-5,7,10,13,17H,6,8-9H2,(H,16,19)/t13-/m0/s1. The van der Waals surface area contributed by atoms with E-state index in [9.17, 15) is 4.79 Å². The number of nitrogens with one attached hydrogen (secondary N) is 2. The summed E-state index contributed by atoms with van der Waals surface area (Å²) in [7, 11) is 0. The Bertz CT molecular complexity index is 540. The quantitative estimate of drug-likeness (QED) is 0.859. The average molecular weight is 256 g/mol. The van der Waals surface area contributed by atoms with Crippen LogP contribution in [-0.4, -0.2) is 28.0 Å². The number of hydrogen-bond acceptors (Lipinski definition) is 3. The Morgan fingerprint density at radius 1 is 1.47 bits per heavy atom. The van der Waals surface area contributed by atoms with Gasteiger partial charge < -0.3 is 15.2 Å². The molecule has 0 fully saturated rings. The lowest BCUT2D eigenvalue weighted by atomic mass is 10.1. The monoisotopic (exact) mass is 256 g/mol. The van der Waals surface area contributed by atoms with E-state index in [0.717, 1.165) is 18.7 Å². The Balaban J connectivity index is 1.50. The maximum atomic E-state index is 12.0. The fraction of sp³-hybridized carbons (Fsp3) is 0.286. The fourth-order valence-electron chi connectivity index (χ4n) is 2.31. The highest BCUT2D eigenvalue weighted by Crippen LogP contribution is 2.24. The van der Waals surface area contributed by atoms with Gasteiger partial charge in [-0.3, -0.25) is 4.79 Å². The molecule has 19 heavy (non-hydrogen) atoms. The van der Waals surface area contributed by atoms with Crippen molar-refractivity contribution in [2.45, 2.75) is 19.0 Å². The molecular formula is C14H16N4O. The van der Waals surface area contributed by atoms with Crippen molar-refractivity contribution in [3.05, 3.63) is 48.5 Å². The topological polar surface area (TPSA) is 59.0 Å². The van der Waals surface area contributed by atoms with Crippen molar-refractivity contribution in [2.75, 3.05) is 11.9 Å². The van der Waals surface area contributed by atoms with Crippen LogP contribution in [0.1, 0.15) is 5.56 Å². The fourth-order valence-corrected chi connectivity index (χ4v) is 2.31. The van der Waals surface area contributed by atoms with Crippen molar-refractivity contribution in [3.8, 4) is 0 Å². The maximum Gasteiger partial charge on any atom is 0.242 e. The minimum Gasteiger partial charge on any atom is -0.373 e. The molecule has 2 aromatic rings. The molecule has 0 radical (unpaired) electrons. The third kappa shape index (κ3) is 2.59. The molecule has 0 aliphatic carbocycles. The van der Waals surface area contributed by atoms with Gasteiger partial charge in [-0.25, -0.2) is 4.98 Å². The SMILES string of the molecule is O=C(NCCn1ccnc1)[C@@H]1Cc2ccccc2N1. The lowest BCUT2D eigenvalue weighted by Gasteiger charge is -2.12. The van der Waals surface area contributed by atoms with Gasteiger partial charge in [0.15, 0.2) is 0 Å². The zero-order valence-electron chi connectivity index (χ0n) is 10.5. The van der Waals surface area contributed by atoms with Crippen LogP contribution >= 0.6 is 0 Å². The van der Waals surface area contributed by atoms with Crippen molar-refractivity contribution >= 4 is 11.6 Å². The van der Waals surface area contributed by atoms with Crippen LogP contribution in [0.5, 0.6) is 0 Å². The van der Waals surface area contributed by atoms with Crippen molar-refractivity contribution in [3.63, 3.8) is 0 Å². The van der Waals surface area contributed by atoms with Crippen LogP contribution in [0.25, 0.3) is 0 Å². The molecule has 98 valence electrons. The number of hydrogen-bond donors (Lipinski definition) is 2. The van der Waals surface area contributed by atoms with E-state index >= 15 is 0 Å². The molecule has 0 bridgehead atoms. The van der Waals surface area contributed by atoms with Crippen LogP contribution in [0.4, 0.5) is 5.69 Å². The molecule has 0 unspecified atom stereocenters. The van der Waals surface area contributed by atoms with E-state index in [4.69, 9.17) is 0 Å². The molecule has 0 spiro atoms.